The van der Waals surface area contributed by atoms with Crippen molar-refractivity contribution in [3.8, 4) is 11.5 Å². The van der Waals surface area contributed by atoms with Gasteiger partial charge >= 0.3 is 5.97 Å². The summed E-state index contributed by atoms with van der Waals surface area (Å²) in [6.07, 6.45) is 0. The minimum atomic E-state index is -0.633. The quantitative estimate of drug-likeness (QED) is 0.497. The van der Waals surface area contributed by atoms with Gasteiger partial charge in [0, 0.05) is 5.88 Å². The zero-order valence-corrected chi connectivity index (χ0v) is 9.70. The smallest absolute Gasteiger partial charge is 0.338 e. The number of phenols is 2. The lowest BCUT2D eigenvalue weighted by molar-refractivity contribution is 0.0508. The molecule has 0 aliphatic rings. The summed E-state index contributed by atoms with van der Waals surface area (Å²) < 4.78 is 4.83. The highest BCUT2D eigenvalue weighted by molar-refractivity contribution is 6.28. The summed E-state index contributed by atoms with van der Waals surface area (Å²) in [5, 5.41) is 17.8. The molecule has 1 aromatic rings. The number of ether oxygens (including phenoxy) is 1. The molecule has 1 aromatic carbocycles. The van der Waals surface area contributed by atoms with Crippen molar-refractivity contribution >= 4 is 29.2 Å². The molecule has 0 fully saturated rings. The van der Waals surface area contributed by atoms with E-state index in [2.05, 4.69) is 0 Å². The number of esters is 1. The Kier molecular flexibility index (Phi) is 4.71. The van der Waals surface area contributed by atoms with Crippen molar-refractivity contribution in [1.29, 1.82) is 0 Å². The van der Waals surface area contributed by atoms with Gasteiger partial charge in [-0.3, -0.25) is 0 Å². The number of phenolic OH excluding ortho intramolecular Hbond substituents is 2. The van der Waals surface area contributed by atoms with E-state index in [1.165, 1.54) is 12.1 Å². The molecule has 88 valence electrons. The lowest BCUT2D eigenvalue weighted by Crippen LogP contribution is -2.15. The summed E-state index contributed by atoms with van der Waals surface area (Å²) in [5.74, 6) is -1.14. The third-order valence-corrected chi connectivity index (χ3v) is 2.58. The molecule has 0 saturated carbocycles. The third kappa shape index (κ3) is 3.47. The van der Waals surface area contributed by atoms with Crippen molar-refractivity contribution in [3.63, 3.8) is 0 Å². The minimum Gasteiger partial charge on any atom is -0.504 e. The topological polar surface area (TPSA) is 66.8 Å². The fourth-order valence-electron chi connectivity index (χ4n) is 0.944. The number of carbonyl (C=O) groups is 1. The normalized spacial score (nSPS) is 12.1. The predicted octanol–water partition coefficient (Wildman–Crippen LogP) is 2.10. The molecule has 6 heteroatoms. The van der Waals surface area contributed by atoms with Crippen LogP contribution in [0.3, 0.4) is 0 Å². The fraction of sp³-hybridized carbons (Fsp3) is 0.300. The van der Waals surface area contributed by atoms with Crippen molar-refractivity contribution in [1.82, 2.24) is 0 Å². The van der Waals surface area contributed by atoms with Gasteiger partial charge in [-0.2, -0.15) is 0 Å². The van der Waals surface area contributed by atoms with Gasteiger partial charge in [-0.15, -0.1) is 23.2 Å². The number of carbonyl (C=O) groups excluding carboxylic acids is 1. The summed E-state index contributed by atoms with van der Waals surface area (Å²) in [6.45, 7) is -0.00841. The molecule has 0 heterocycles. The predicted molar refractivity (Wildman–Crippen MR) is 60.4 cm³/mol. The molecule has 0 aliphatic carbocycles. The molecule has 0 spiro atoms. The Morgan fingerprint density at radius 1 is 1.38 bits per heavy atom. The summed E-state index contributed by atoms with van der Waals surface area (Å²) in [4.78, 5) is 11.4. The summed E-state index contributed by atoms with van der Waals surface area (Å²) in [6, 6.07) is 3.65. The molecule has 1 rings (SSSR count). The maximum atomic E-state index is 11.4. The molecule has 0 radical (unpaired) electrons. The van der Waals surface area contributed by atoms with E-state index in [-0.39, 0.29) is 29.5 Å². The number of halogens is 2. The van der Waals surface area contributed by atoms with Gasteiger partial charge in [0.1, 0.15) is 6.61 Å². The van der Waals surface area contributed by atoms with Crippen molar-refractivity contribution < 1.29 is 19.7 Å². The summed E-state index contributed by atoms with van der Waals surface area (Å²) in [5.41, 5.74) is 0.133. The van der Waals surface area contributed by atoms with Crippen LogP contribution in [-0.4, -0.2) is 34.0 Å². The highest BCUT2D eigenvalue weighted by atomic mass is 35.5. The van der Waals surface area contributed by atoms with E-state index < -0.39 is 11.3 Å². The van der Waals surface area contributed by atoms with Gasteiger partial charge in [-0.25, -0.2) is 4.79 Å². The molecule has 1 atom stereocenters. The molecule has 2 N–H and O–H groups in total. The summed E-state index contributed by atoms with van der Waals surface area (Å²) >= 11 is 11.1. The maximum absolute atomic E-state index is 11.4. The van der Waals surface area contributed by atoms with Crippen molar-refractivity contribution in [3.05, 3.63) is 23.8 Å². The fourth-order valence-corrected chi connectivity index (χ4v) is 1.10. The van der Waals surface area contributed by atoms with Gasteiger partial charge in [-0.05, 0) is 18.2 Å². The molecule has 0 unspecified atom stereocenters. The van der Waals surface area contributed by atoms with Gasteiger partial charge in [0.25, 0.3) is 0 Å². The molecule has 0 aliphatic heterocycles. The van der Waals surface area contributed by atoms with E-state index in [9.17, 15) is 4.79 Å². The van der Waals surface area contributed by atoms with Crippen molar-refractivity contribution in [2.24, 2.45) is 0 Å². The Labute approximate surface area is 102 Å². The molecule has 4 nitrogen and oxygen atoms in total. The number of aromatic hydroxyl groups is 2. The molecular weight excluding hydrogens is 255 g/mol. The molecule has 0 bridgehead atoms. The summed E-state index contributed by atoms with van der Waals surface area (Å²) in [7, 11) is 0. The molecule has 0 aromatic heterocycles. The van der Waals surface area contributed by atoms with Crippen LogP contribution in [0.2, 0.25) is 0 Å². The molecular formula is C10H10Cl2O4. The van der Waals surface area contributed by atoms with E-state index in [4.69, 9.17) is 38.2 Å². The first-order valence-corrected chi connectivity index (χ1v) is 5.41. The first-order chi connectivity index (χ1) is 7.54. The van der Waals surface area contributed by atoms with Crippen LogP contribution in [0.25, 0.3) is 0 Å². The molecule has 0 saturated heterocycles. The van der Waals surface area contributed by atoms with Crippen LogP contribution in [0, 0.1) is 0 Å². The van der Waals surface area contributed by atoms with Gasteiger partial charge in [-0.1, -0.05) is 0 Å². The lowest BCUT2D eigenvalue weighted by atomic mass is 10.2. The van der Waals surface area contributed by atoms with E-state index in [1.807, 2.05) is 0 Å². The van der Waals surface area contributed by atoms with E-state index >= 15 is 0 Å². The van der Waals surface area contributed by atoms with Crippen LogP contribution in [0.15, 0.2) is 18.2 Å². The average molecular weight is 265 g/mol. The lowest BCUT2D eigenvalue weighted by Gasteiger charge is -2.07. The van der Waals surface area contributed by atoms with E-state index in [1.54, 1.807) is 0 Å². The van der Waals surface area contributed by atoms with Crippen LogP contribution in [0.1, 0.15) is 10.4 Å². The number of hydrogen-bond donors (Lipinski definition) is 2. The molecule has 16 heavy (non-hydrogen) atoms. The Morgan fingerprint density at radius 2 is 2.06 bits per heavy atom. The second-order valence-electron chi connectivity index (χ2n) is 3.05. The monoisotopic (exact) mass is 264 g/mol. The Bertz CT molecular complexity index is 381. The van der Waals surface area contributed by atoms with Gasteiger partial charge < -0.3 is 14.9 Å². The van der Waals surface area contributed by atoms with Gasteiger partial charge in [0.15, 0.2) is 11.5 Å². The van der Waals surface area contributed by atoms with Crippen molar-refractivity contribution in [2.45, 2.75) is 5.38 Å². The van der Waals surface area contributed by atoms with Crippen molar-refractivity contribution in [2.75, 3.05) is 12.5 Å². The largest absolute Gasteiger partial charge is 0.504 e. The first kappa shape index (κ1) is 12.9. The maximum Gasteiger partial charge on any atom is 0.338 e. The zero-order chi connectivity index (χ0) is 12.1. The van der Waals surface area contributed by atoms with E-state index in [0.29, 0.717) is 0 Å². The van der Waals surface area contributed by atoms with Crippen LogP contribution < -0.4 is 0 Å². The van der Waals surface area contributed by atoms with Gasteiger partial charge in [0.05, 0.1) is 10.9 Å². The Hall–Kier alpha value is -1.13. The molecule has 0 amide bonds. The highest BCUT2D eigenvalue weighted by Gasteiger charge is 2.12. The first-order valence-electron chi connectivity index (χ1n) is 4.43. The number of hydrogen-bond acceptors (Lipinski definition) is 4. The Balaban J connectivity index is 2.63. The average Bonchev–Trinajstić information content (AvgIpc) is 2.29. The zero-order valence-electron chi connectivity index (χ0n) is 8.19. The third-order valence-electron chi connectivity index (χ3n) is 1.77. The highest BCUT2D eigenvalue weighted by Crippen LogP contribution is 2.25. The SMILES string of the molecule is O=C(OC[C@H](Cl)CCl)c1ccc(O)c(O)c1. The second kappa shape index (κ2) is 5.82. The van der Waals surface area contributed by atoms with Crippen LogP contribution in [-0.2, 0) is 4.74 Å². The standard InChI is InChI=1S/C10H10Cl2O4/c11-4-7(12)5-16-10(15)6-1-2-8(13)9(14)3-6/h1-3,7,13-14H,4-5H2/t7-/m1/s1. The van der Waals surface area contributed by atoms with Crippen LogP contribution in [0.5, 0.6) is 11.5 Å². The minimum absolute atomic E-state index is 0.00841. The van der Waals surface area contributed by atoms with Crippen LogP contribution in [0.4, 0.5) is 0 Å². The van der Waals surface area contributed by atoms with Gasteiger partial charge in [0.2, 0.25) is 0 Å². The number of benzene rings is 1. The van der Waals surface area contributed by atoms with E-state index in [0.717, 1.165) is 6.07 Å². The Morgan fingerprint density at radius 3 is 2.62 bits per heavy atom. The second-order valence-corrected chi connectivity index (χ2v) is 3.98. The van der Waals surface area contributed by atoms with Crippen LogP contribution >= 0.6 is 23.2 Å². The number of alkyl halides is 2. The number of rotatable bonds is 4.